The third-order valence-electron chi connectivity index (χ3n) is 3.38. The topological polar surface area (TPSA) is 80.6 Å². The van der Waals surface area contributed by atoms with Crippen LogP contribution in [0.3, 0.4) is 0 Å². The zero-order valence-electron chi connectivity index (χ0n) is 11.9. The maximum Gasteiger partial charge on any atom is 0.425 e. The van der Waals surface area contributed by atoms with Crippen molar-refractivity contribution in [2.24, 2.45) is 0 Å². The highest BCUT2D eigenvalue weighted by atomic mass is 16.5. The van der Waals surface area contributed by atoms with Crippen LogP contribution in [-0.4, -0.2) is 19.1 Å². The summed E-state index contributed by atoms with van der Waals surface area (Å²) in [7, 11) is 1.22. The van der Waals surface area contributed by atoms with Crippen LogP contribution in [-0.2, 0) is 16.0 Å². The van der Waals surface area contributed by atoms with Crippen molar-refractivity contribution in [3.63, 3.8) is 0 Å². The molecule has 0 bridgehead atoms. The van der Waals surface area contributed by atoms with E-state index in [1.807, 2.05) is 36.4 Å². The summed E-state index contributed by atoms with van der Waals surface area (Å²) in [6.45, 7) is 0. The highest BCUT2D eigenvalue weighted by Crippen LogP contribution is 2.29. The third-order valence-corrected chi connectivity index (χ3v) is 3.38. The highest BCUT2D eigenvalue weighted by Gasteiger charge is 2.13. The molecule has 2 aromatic carbocycles. The molecule has 0 fully saturated rings. The van der Waals surface area contributed by atoms with Gasteiger partial charge in [-0.25, -0.2) is 10.2 Å². The Morgan fingerprint density at radius 3 is 2.77 bits per heavy atom. The molecular weight excluding hydrogens is 284 g/mol. The van der Waals surface area contributed by atoms with E-state index >= 15 is 0 Å². The molecule has 6 heteroatoms. The Kier molecular flexibility index (Phi) is 3.65. The molecule has 0 atom stereocenters. The molecule has 0 aliphatic rings. The van der Waals surface area contributed by atoms with Crippen molar-refractivity contribution in [2.75, 3.05) is 7.11 Å². The number of nitrogens with one attached hydrogen (secondary N) is 2. The van der Waals surface area contributed by atoms with E-state index in [1.165, 1.54) is 7.11 Å². The fourth-order valence-electron chi connectivity index (χ4n) is 2.39. The summed E-state index contributed by atoms with van der Waals surface area (Å²) < 4.78 is 9.89. The minimum Gasteiger partial charge on any atom is -0.464 e. The molecule has 0 saturated heterocycles. The lowest BCUT2D eigenvalue weighted by molar-refractivity contribution is -0.121. The zero-order chi connectivity index (χ0) is 15.5. The predicted molar refractivity (Wildman–Crippen MR) is 81.1 cm³/mol. The van der Waals surface area contributed by atoms with Crippen LogP contribution in [0.1, 0.15) is 5.56 Å². The van der Waals surface area contributed by atoms with Gasteiger partial charge in [0.05, 0.1) is 19.8 Å². The van der Waals surface area contributed by atoms with Crippen molar-refractivity contribution >= 4 is 33.7 Å². The lowest BCUT2D eigenvalue weighted by Crippen LogP contribution is -2.42. The van der Waals surface area contributed by atoms with E-state index in [-0.39, 0.29) is 12.3 Å². The molecule has 2 amide bonds. The molecule has 6 nitrogen and oxygen atoms in total. The van der Waals surface area contributed by atoms with Crippen LogP contribution in [0.4, 0.5) is 4.79 Å². The monoisotopic (exact) mass is 298 g/mol. The Labute approximate surface area is 126 Å². The predicted octanol–water partition coefficient (Wildman–Crippen LogP) is 2.52. The summed E-state index contributed by atoms with van der Waals surface area (Å²) in [4.78, 5) is 22.8. The van der Waals surface area contributed by atoms with Crippen LogP contribution in [0.2, 0.25) is 0 Å². The van der Waals surface area contributed by atoms with Gasteiger partial charge >= 0.3 is 6.09 Å². The number of rotatable bonds is 2. The van der Waals surface area contributed by atoms with Gasteiger partial charge in [-0.05, 0) is 16.8 Å². The second-order valence-electron chi connectivity index (χ2n) is 4.76. The normalized spacial score (nSPS) is 10.6. The second-order valence-corrected chi connectivity index (χ2v) is 4.76. The van der Waals surface area contributed by atoms with Crippen molar-refractivity contribution in [1.82, 2.24) is 10.9 Å². The second kappa shape index (κ2) is 5.77. The fourth-order valence-corrected chi connectivity index (χ4v) is 2.39. The molecule has 1 heterocycles. The number of hydrazine groups is 1. The van der Waals surface area contributed by atoms with Crippen molar-refractivity contribution in [2.45, 2.75) is 6.42 Å². The van der Waals surface area contributed by atoms with E-state index in [0.29, 0.717) is 0 Å². The minimum atomic E-state index is -0.726. The Morgan fingerprint density at radius 2 is 1.95 bits per heavy atom. The molecule has 0 saturated carbocycles. The number of methoxy groups -OCH3 is 1. The molecule has 2 N–H and O–H groups in total. The Morgan fingerprint density at radius 1 is 1.14 bits per heavy atom. The number of ether oxygens (including phenoxy) is 1. The summed E-state index contributed by atoms with van der Waals surface area (Å²) in [5.41, 5.74) is 5.90. The van der Waals surface area contributed by atoms with Crippen LogP contribution >= 0.6 is 0 Å². The molecule has 22 heavy (non-hydrogen) atoms. The first-order valence-corrected chi connectivity index (χ1v) is 6.69. The van der Waals surface area contributed by atoms with Gasteiger partial charge in [-0.15, -0.1) is 0 Å². The molecular formula is C16H14N2O4. The summed E-state index contributed by atoms with van der Waals surface area (Å²) >= 11 is 0. The Hall–Kier alpha value is -3.02. The van der Waals surface area contributed by atoms with Crippen molar-refractivity contribution in [3.8, 4) is 0 Å². The van der Waals surface area contributed by atoms with E-state index in [4.69, 9.17) is 4.42 Å². The van der Waals surface area contributed by atoms with Gasteiger partial charge in [0.1, 0.15) is 5.58 Å². The maximum absolute atomic E-state index is 11.9. The first-order chi connectivity index (χ1) is 10.7. The first kappa shape index (κ1) is 13.9. The standard InChI is InChI=1S/C16H14N2O4/c1-21-16(20)18-17-14(19)8-11-9-22-13-7-6-10-4-2-3-5-12(10)15(11)13/h2-7,9H,8H2,1H3,(H,17,19)(H,18,20). The van der Waals surface area contributed by atoms with Crippen molar-refractivity contribution in [3.05, 3.63) is 48.2 Å². The summed E-state index contributed by atoms with van der Waals surface area (Å²) in [6, 6.07) is 11.7. The number of hydrogen-bond donors (Lipinski definition) is 2. The van der Waals surface area contributed by atoms with Gasteiger partial charge in [0.15, 0.2) is 0 Å². The van der Waals surface area contributed by atoms with Crippen LogP contribution in [0, 0.1) is 0 Å². The average Bonchev–Trinajstić information content (AvgIpc) is 2.96. The number of carbonyl (C=O) groups is 2. The molecule has 3 aromatic rings. The van der Waals surface area contributed by atoms with E-state index in [2.05, 4.69) is 15.6 Å². The van der Waals surface area contributed by atoms with Crippen LogP contribution in [0.25, 0.3) is 21.7 Å². The number of benzene rings is 2. The van der Waals surface area contributed by atoms with Gasteiger partial charge in [-0.2, -0.15) is 0 Å². The zero-order valence-corrected chi connectivity index (χ0v) is 11.9. The molecule has 112 valence electrons. The number of amides is 2. The van der Waals surface area contributed by atoms with Gasteiger partial charge in [0, 0.05) is 10.9 Å². The number of furan rings is 1. The van der Waals surface area contributed by atoms with Gasteiger partial charge in [-0.3, -0.25) is 10.2 Å². The molecule has 0 aliphatic heterocycles. The molecule has 0 radical (unpaired) electrons. The summed E-state index contributed by atoms with van der Waals surface area (Å²) in [6.07, 6.45) is 0.927. The van der Waals surface area contributed by atoms with Crippen LogP contribution in [0.5, 0.6) is 0 Å². The lowest BCUT2D eigenvalue weighted by atomic mass is 10.0. The van der Waals surface area contributed by atoms with Gasteiger partial charge in [0.25, 0.3) is 0 Å². The number of hydrogen-bond acceptors (Lipinski definition) is 4. The summed E-state index contributed by atoms with van der Waals surface area (Å²) in [5, 5.41) is 3.01. The van der Waals surface area contributed by atoms with Crippen LogP contribution < -0.4 is 10.9 Å². The average molecular weight is 298 g/mol. The molecule has 3 rings (SSSR count). The SMILES string of the molecule is COC(=O)NNC(=O)Cc1coc2ccc3ccccc3c12. The van der Waals surface area contributed by atoms with E-state index < -0.39 is 6.09 Å². The largest absolute Gasteiger partial charge is 0.464 e. The van der Waals surface area contributed by atoms with Crippen molar-refractivity contribution < 1.29 is 18.7 Å². The highest BCUT2D eigenvalue weighted by molar-refractivity contribution is 6.08. The van der Waals surface area contributed by atoms with E-state index in [0.717, 1.165) is 27.3 Å². The van der Waals surface area contributed by atoms with Gasteiger partial charge in [-0.1, -0.05) is 30.3 Å². The maximum atomic E-state index is 11.9. The summed E-state index contributed by atoms with van der Waals surface area (Å²) in [5.74, 6) is -0.360. The molecule has 1 aromatic heterocycles. The first-order valence-electron chi connectivity index (χ1n) is 6.69. The Bertz CT molecular complexity index is 854. The minimum absolute atomic E-state index is 0.0883. The van der Waals surface area contributed by atoms with E-state index in [1.54, 1.807) is 6.26 Å². The van der Waals surface area contributed by atoms with Crippen LogP contribution in [0.15, 0.2) is 47.1 Å². The fraction of sp³-hybridized carbons (Fsp3) is 0.125. The smallest absolute Gasteiger partial charge is 0.425 e. The van der Waals surface area contributed by atoms with Crippen molar-refractivity contribution in [1.29, 1.82) is 0 Å². The van der Waals surface area contributed by atoms with Gasteiger partial charge < -0.3 is 9.15 Å². The number of fused-ring (bicyclic) bond motifs is 3. The Balaban J connectivity index is 1.89. The lowest BCUT2D eigenvalue weighted by Gasteiger charge is -2.05. The molecule has 0 unspecified atom stereocenters. The van der Waals surface area contributed by atoms with Gasteiger partial charge in [0.2, 0.25) is 5.91 Å². The van der Waals surface area contributed by atoms with E-state index in [9.17, 15) is 9.59 Å². The number of carbonyl (C=O) groups excluding carboxylic acids is 2. The molecule has 0 spiro atoms. The third kappa shape index (κ3) is 2.58. The quantitative estimate of drug-likeness (QED) is 0.712. The molecule has 0 aliphatic carbocycles.